The first-order chi connectivity index (χ1) is 12.0. The van der Waals surface area contributed by atoms with E-state index in [1.54, 1.807) is 4.90 Å². The SMILES string of the molecule is CC[C@@H](C)NC(=O)c1cc2c(s1)CCN(C(=O)c1ccc(F)cc1)C2. The summed E-state index contributed by atoms with van der Waals surface area (Å²) in [6, 6.07) is 7.64. The Morgan fingerprint density at radius 1 is 1.32 bits per heavy atom. The Bertz CT molecular complexity index is 785. The topological polar surface area (TPSA) is 49.4 Å². The molecule has 2 amide bonds. The van der Waals surface area contributed by atoms with E-state index in [2.05, 4.69) is 5.32 Å². The lowest BCUT2D eigenvalue weighted by Gasteiger charge is -2.27. The largest absolute Gasteiger partial charge is 0.349 e. The summed E-state index contributed by atoms with van der Waals surface area (Å²) in [5.41, 5.74) is 1.51. The van der Waals surface area contributed by atoms with Crippen LogP contribution in [-0.2, 0) is 13.0 Å². The number of fused-ring (bicyclic) bond motifs is 1. The highest BCUT2D eigenvalue weighted by Crippen LogP contribution is 2.29. The van der Waals surface area contributed by atoms with Crippen molar-refractivity contribution in [2.45, 2.75) is 39.3 Å². The molecule has 1 N–H and O–H groups in total. The van der Waals surface area contributed by atoms with Crippen molar-refractivity contribution in [2.75, 3.05) is 6.54 Å². The van der Waals surface area contributed by atoms with E-state index >= 15 is 0 Å². The second-order valence-corrected chi connectivity index (χ2v) is 7.46. The van der Waals surface area contributed by atoms with Crippen molar-refractivity contribution < 1.29 is 14.0 Å². The van der Waals surface area contributed by atoms with Crippen molar-refractivity contribution in [3.8, 4) is 0 Å². The zero-order valence-corrected chi connectivity index (χ0v) is 15.2. The van der Waals surface area contributed by atoms with Gasteiger partial charge in [-0.2, -0.15) is 0 Å². The third kappa shape index (κ3) is 3.90. The predicted octanol–water partition coefficient (Wildman–Crippen LogP) is 3.61. The summed E-state index contributed by atoms with van der Waals surface area (Å²) in [4.78, 5) is 28.5. The molecule has 0 unspecified atom stereocenters. The summed E-state index contributed by atoms with van der Waals surface area (Å²) in [6.45, 7) is 5.10. The van der Waals surface area contributed by atoms with Gasteiger partial charge in [-0.05, 0) is 55.7 Å². The van der Waals surface area contributed by atoms with Crippen molar-refractivity contribution in [1.82, 2.24) is 10.2 Å². The molecule has 0 saturated heterocycles. The van der Waals surface area contributed by atoms with Gasteiger partial charge in [-0.3, -0.25) is 9.59 Å². The second-order valence-electron chi connectivity index (χ2n) is 6.33. The number of rotatable bonds is 4. The molecule has 0 bridgehead atoms. The van der Waals surface area contributed by atoms with Crippen LogP contribution in [0.4, 0.5) is 4.39 Å². The van der Waals surface area contributed by atoms with Gasteiger partial charge >= 0.3 is 0 Å². The molecule has 0 fully saturated rings. The van der Waals surface area contributed by atoms with Gasteiger partial charge in [-0.25, -0.2) is 4.39 Å². The minimum Gasteiger partial charge on any atom is -0.349 e. The molecule has 25 heavy (non-hydrogen) atoms. The molecule has 0 radical (unpaired) electrons. The molecule has 3 rings (SSSR count). The zero-order valence-electron chi connectivity index (χ0n) is 14.3. The smallest absolute Gasteiger partial charge is 0.261 e. The number of amides is 2. The number of hydrogen-bond acceptors (Lipinski definition) is 3. The molecule has 0 spiro atoms. The van der Waals surface area contributed by atoms with E-state index in [0.717, 1.165) is 23.3 Å². The summed E-state index contributed by atoms with van der Waals surface area (Å²) >= 11 is 1.51. The number of benzene rings is 1. The van der Waals surface area contributed by atoms with Gasteiger partial charge in [0, 0.05) is 29.6 Å². The lowest BCUT2D eigenvalue weighted by Crippen LogP contribution is -2.35. The molecule has 4 nitrogen and oxygen atoms in total. The molecular formula is C19H21FN2O2S. The molecule has 1 aliphatic heterocycles. The van der Waals surface area contributed by atoms with Crippen LogP contribution in [-0.4, -0.2) is 29.3 Å². The number of carbonyl (C=O) groups is 2. The van der Waals surface area contributed by atoms with Crippen LogP contribution in [0.1, 0.15) is 50.7 Å². The van der Waals surface area contributed by atoms with Crippen LogP contribution in [0.2, 0.25) is 0 Å². The molecule has 1 aliphatic rings. The van der Waals surface area contributed by atoms with Gasteiger partial charge in [0.15, 0.2) is 0 Å². The van der Waals surface area contributed by atoms with Gasteiger partial charge in [-0.1, -0.05) is 6.92 Å². The minimum atomic E-state index is -0.354. The normalized spacial score (nSPS) is 14.8. The van der Waals surface area contributed by atoms with E-state index in [1.807, 2.05) is 19.9 Å². The molecule has 6 heteroatoms. The molecule has 1 aromatic carbocycles. The first-order valence-corrected chi connectivity index (χ1v) is 9.27. The third-order valence-electron chi connectivity index (χ3n) is 4.46. The van der Waals surface area contributed by atoms with Crippen molar-refractivity contribution in [3.05, 3.63) is 57.0 Å². The van der Waals surface area contributed by atoms with Crippen LogP contribution in [0.5, 0.6) is 0 Å². The summed E-state index contributed by atoms with van der Waals surface area (Å²) < 4.78 is 13.0. The van der Waals surface area contributed by atoms with Crippen LogP contribution in [0, 0.1) is 5.82 Å². The fraction of sp³-hybridized carbons (Fsp3) is 0.368. The van der Waals surface area contributed by atoms with E-state index in [4.69, 9.17) is 0 Å². The first-order valence-electron chi connectivity index (χ1n) is 8.45. The Morgan fingerprint density at radius 2 is 2.04 bits per heavy atom. The van der Waals surface area contributed by atoms with Crippen molar-refractivity contribution in [1.29, 1.82) is 0 Å². The van der Waals surface area contributed by atoms with Crippen LogP contribution < -0.4 is 5.32 Å². The summed E-state index contributed by atoms with van der Waals surface area (Å²) in [7, 11) is 0. The molecule has 2 heterocycles. The standard InChI is InChI=1S/C19H21FN2O2S/c1-3-12(2)21-18(23)17-10-14-11-22(9-8-16(14)25-17)19(24)13-4-6-15(20)7-5-13/h4-7,10,12H,3,8-9,11H2,1-2H3,(H,21,23)/t12-/m1/s1. The minimum absolute atomic E-state index is 0.0508. The Kier molecular flexibility index (Phi) is 5.18. The van der Waals surface area contributed by atoms with Gasteiger partial charge in [-0.15, -0.1) is 11.3 Å². The first kappa shape index (κ1) is 17.6. The summed E-state index contributed by atoms with van der Waals surface area (Å²) in [5.74, 6) is -0.514. The van der Waals surface area contributed by atoms with Crippen LogP contribution in [0.15, 0.2) is 30.3 Å². The van der Waals surface area contributed by atoms with Crippen LogP contribution in [0.25, 0.3) is 0 Å². The van der Waals surface area contributed by atoms with Crippen molar-refractivity contribution in [3.63, 3.8) is 0 Å². The molecule has 1 aromatic heterocycles. The van der Waals surface area contributed by atoms with Gasteiger partial charge in [0.2, 0.25) is 0 Å². The highest BCUT2D eigenvalue weighted by atomic mass is 32.1. The van der Waals surface area contributed by atoms with Gasteiger partial charge in [0.1, 0.15) is 5.82 Å². The highest BCUT2D eigenvalue weighted by Gasteiger charge is 2.25. The van der Waals surface area contributed by atoms with Gasteiger partial charge < -0.3 is 10.2 Å². The molecule has 0 saturated carbocycles. The quantitative estimate of drug-likeness (QED) is 0.905. The monoisotopic (exact) mass is 360 g/mol. The second kappa shape index (κ2) is 7.35. The van der Waals surface area contributed by atoms with E-state index in [0.29, 0.717) is 23.5 Å². The molecule has 0 aliphatic carbocycles. The average molecular weight is 360 g/mol. The zero-order chi connectivity index (χ0) is 18.0. The maximum atomic E-state index is 13.0. The van der Waals surface area contributed by atoms with Gasteiger partial charge in [0.05, 0.1) is 4.88 Å². The van der Waals surface area contributed by atoms with E-state index in [1.165, 1.54) is 35.6 Å². The molecule has 2 aromatic rings. The number of halogens is 1. The predicted molar refractivity (Wildman–Crippen MR) is 96.4 cm³/mol. The van der Waals surface area contributed by atoms with Crippen molar-refractivity contribution in [2.24, 2.45) is 0 Å². The van der Waals surface area contributed by atoms with Crippen molar-refractivity contribution >= 4 is 23.2 Å². The van der Waals surface area contributed by atoms with E-state index in [-0.39, 0.29) is 23.7 Å². The Morgan fingerprint density at radius 3 is 2.72 bits per heavy atom. The highest BCUT2D eigenvalue weighted by molar-refractivity contribution is 7.14. The Hall–Kier alpha value is -2.21. The summed E-state index contributed by atoms with van der Waals surface area (Å²) in [6.07, 6.45) is 1.63. The average Bonchev–Trinajstić information content (AvgIpc) is 3.05. The van der Waals surface area contributed by atoms with E-state index < -0.39 is 0 Å². The van der Waals surface area contributed by atoms with Crippen LogP contribution in [0.3, 0.4) is 0 Å². The van der Waals surface area contributed by atoms with Gasteiger partial charge in [0.25, 0.3) is 11.8 Å². The number of carbonyl (C=O) groups excluding carboxylic acids is 2. The molecule has 132 valence electrons. The third-order valence-corrected chi connectivity index (χ3v) is 5.69. The number of nitrogens with one attached hydrogen (secondary N) is 1. The lowest BCUT2D eigenvalue weighted by molar-refractivity contribution is 0.0735. The Labute approximate surface area is 150 Å². The lowest BCUT2D eigenvalue weighted by atomic mass is 10.1. The van der Waals surface area contributed by atoms with E-state index in [9.17, 15) is 14.0 Å². The number of thiophene rings is 1. The van der Waals surface area contributed by atoms with Crippen LogP contribution >= 0.6 is 11.3 Å². The fourth-order valence-corrected chi connectivity index (χ4v) is 3.86. The molecule has 1 atom stereocenters. The number of hydrogen-bond donors (Lipinski definition) is 1. The maximum Gasteiger partial charge on any atom is 0.261 e. The fourth-order valence-electron chi connectivity index (χ4n) is 2.79. The maximum absolute atomic E-state index is 13.0. The summed E-state index contributed by atoms with van der Waals surface area (Å²) in [5, 5.41) is 2.98. The number of nitrogens with zero attached hydrogens (tertiary/aromatic N) is 1. The Balaban J connectivity index is 1.72. The molecular weight excluding hydrogens is 339 g/mol.